The fourth-order valence-electron chi connectivity index (χ4n) is 2.72. The molecular weight excluding hydrogens is 236 g/mol. The van der Waals surface area contributed by atoms with Gasteiger partial charge in [0.05, 0.1) is 11.9 Å². The van der Waals surface area contributed by atoms with Crippen molar-refractivity contribution in [3.8, 4) is 5.69 Å². The Morgan fingerprint density at radius 2 is 2.05 bits per heavy atom. The van der Waals surface area contributed by atoms with Crippen LogP contribution >= 0.6 is 0 Å². The van der Waals surface area contributed by atoms with Crippen LogP contribution in [0.1, 0.15) is 37.7 Å². The maximum absolute atomic E-state index is 4.44. The summed E-state index contributed by atoms with van der Waals surface area (Å²) in [6.45, 7) is 2.06. The van der Waals surface area contributed by atoms with Gasteiger partial charge in [0.15, 0.2) is 0 Å². The van der Waals surface area contributed by atoms with E-state index in [4.69, 9.17) is 0 Å². The molecule has 0 amide bonds. The summed E-state index contributed by atoms with van der Waals surface area (Å²) >= 11 is 0. The zero-order valence-electron chi connectivity index (χ0n) is 11.3. The molecular formula is C15H20N4. The monoisotopic (exact) mass is 256 g/mol. The maximum atomic E-state index is 4.44. The van der Waals surface area contributed by atoms with E-state index in [1.54, 1.807) is 0 Å². The minimum absolute atomic E-state index is 0.563. The van der Waals surface area contributed by atoms with E-state index in [9.17, 15) is 0 Å². The highest BCUT2D eigenvalue weighted by Gasteiger charge is 2.15. The van der Waals surface area contributed by atoms with Crippen LogP contribution < -0.4 is 5.32 Å². The van der Waals surface area contributed by atoms with E-state index in [-0.39, 0.29) is 0 Å². The minimum atomic E-state index is 0.563. The molecule has 19 heavy (non-hydrogen) atoms. The van der Waals surface area contributed by atoms with E-state index in [0.29, 0.717) is 6.04 Å². The zero-order valence-corrected chi connectivity index (χ0v) is 11.3. The molecule has 1 aliphatic rings. The Bertz CT molecular complexity index is 541. The minimum Gasteiger partial charge on any atom is -0.353 e. The summed E-state index contributed by atoms with van der Waals surface area (Å²) in [6, 6.07) is 2.69. The zero-order chi connectivity index (χ0) is 13.1. The van der Waals surface area contributed by atoms with Gasteiger partial charge in [0.25, 0.3) is 0 Å². The average Bonchev–Trinajstić information content (AvgIpc) is 2.88. The van der Waals surface area contributed by atoms with Gasteiger partial charge in [-0.3, -0.25) is 9.55 Å². The second kappa shape index (κ2) is 5.43. The van der Waals surface area contributed by atoms with Crippen molar-refractivity contribution >= 4 is 5.95 Å². The molecule has 0 saturated heterocycles. The van der Waals surface area contributed by atoms with E-state index < -0.39 is 0 Å². The number of hydrogen-bond donors (Lipinski definition) is 1. The predicted molar refractivity (Wildman–Crippen MR) is 76.6 cm³/mol. The Morgan fingerprint density at radius 3 is 2.84 bits per heavy atom. The van der Waals surface area contributed by atoms with Crippen LogP contribution in [0, 0.1) is 6.92 Å². The van der Waals surface area contributed by atoms with Crippen molar-refractivity contribution in [2.24, 2.45) is 0 Å². The van der Waals surface area contributed by atoms with Gasteiger partial charge >= 0.3 is 0 Å². The van der Waals surface area contributed by atoms with Crippen molar-refractivity contribution in [3.63, 3.8) is 0 Å². The normalized spacial score (nSPS) is 16.5. The molecule has 0 spiro atoms. The standard InChI is InChI=1S/C15H20N4/c1-12-9-14(11-16-10-12)19-8-7-17-15(19)18-13-5-3-2-4-6-13/h7-11,13H,2-6H2,1H3,(H,17,18). The van der Waals surface area contributed by atoms with Gasteiger partial charge in [0.1, 0.15) is 0 Å². The molecule has 1 N–H and O–H groups in total. The van der Waals surface area contributed by atoms with Crippen LogP contribution in [0.5, 0.6) is 0 Å². The van der Waals surface area contributed by atoms with E-state index in [1.807, 2.05) is 24.8 Å². The molecule has 1 fully saturated rings. The fourth-order valence-corrected chi connectivity index (χ4v) is 2.72. The molecule has 0 unspecified atom stereocenters. The van der Waals surface area contributed by atoms with Crippen LogP contribution in [-0.4, -0.2) is 20.6 Å². The Kier molecular flexibility index (Phi) is 3.49. The average molecular weight is 256 g/mol. The third-order valence-corrected chi connectivity index (χ3v) is 3.72. The summed E-state index contributed by atoms with van der Waals surface area (Å²) in [5, 5.41) is 3.57. The van der Waals surface area contributed by atoms with E-state index >= 15 is 0 Å². The summed E-state index contributed by atoms with van der Waals surface area (Å²) in [5.74, 6) is 0.930. The first-order valence-electron chi connectivity index (χ1n) is 7.05. The van der Waals surface area contributed by atoms with Gasteiger partial charge in [0.2, 0.25) is 5.95 Å². The molecule has 0 aliphatic heterocycles. The first-order valence-corrected chi connectivity index (χ1v) is 7.05. The van der Waals surface area contributed by atoms with Gasteiger partial charge in [-0.2, -0.15) is 0 Å². The molecule has 4 heteroatoms. The largest absolute Gasteiger partial charge is 0.353 e. The number of aryl methyl sites for hydroxylation is 1. The van der Waals surface area contributed by atoms with Crippen LogP contribution in [-0.2, 0) is 0 Å². The topological polar surface area (TPSA) is 42.7 Å². The second-order valence-electron chi connectivity index (χ2n) is 5.32. The van der Waals surface area contributed by atoms with Crippen molar-refractivity contribution in [2.75, 3.05) is 5.32 Å². The molecule has 2 heterocycles. The molecule has 4 nitrogen and oxygen atoms in total. The van der Waals surface area contributed by atoms with Gasteiger partial charge in [-0.15, -0.1) is 0 Å². The summed E-state index contributed by atoms with van der Waals surface area (Å²) in [4.78, 5) is 8.69. The second-order valence-corrected chi connectivity index (χ2v) is 5.32. The number of rotatable bonds is 3. The van der Waals surface area contributed by atoms with Crippen LogP contribution in [0.4, 0.5) is 5.95 Å². The quantitative estimate of drug-likeness (QED) is 0.916. The van der Waals surface area contributed by atoms with Crippen molar-refractivity contribution in [3.05, 3.63) is 36.4 Å². The molecule has 100 valence electrons. The first-order chi connectivity index (χ1) is 9.33. The van der Waals surface area contributed by atoms with Crippen molar-refractivity contribution in [2.45, 2.75) is 45.1 Å². The number of imidazole rings is 1. The third-order valence-electron chi connectivity index (χ3n) is 3.72. The Labute approximate surface area is 113 Å². The molecule has 0 bridgehead atoms. The fraction of sp³-hybridized carbons (Fsp3) is 0.467. The highest BCUT2D eigenvalue weighted by atomic mass is 15.2. The number of nitrogens with one attached hydrogen (secondary N) is 1. The lowest BCUT2D eigenvalue weighted by molar-refractivity contribution is 0.460. The summed E-state index contributed by atoms with van der Waals surface area (Å²) < 4.78 is 2.08. The molecule has 3 rings (SSSR count). The van der Waals surface area contributed by atoms with Gasteiger partial charge in [0, 0.05) is 24.6 Å². The lowest BCUT2D eigenvalue weighted by Gasteiger charge is -2.23. The number of aromatic nitrogens is 3. The van der Waals surface area contributed by atoms with Gasteiger partial charge < -0.3 is 5.32 Å². The highest BCUT2D eigenvalue weighted by Crippen LogP contribution is 2.22. The molecule has 1 saturated carbocycles. The number of pyridine rings is 1. The maximum Gasteiger partial charge on any atom is 0.207 e. The van der Waals surface area contributed by atoms with E-state index in [0.717, 1.165) is 17.2 Å². The number of hydrogen-bond acceptors (Lipinski definition) is 3. The lowest BCUT2D eigenvalue weighted by atomic mass is 9.96. The Hall–Kier alpha value is -1.84. The molecule has 0 atom stereocenters. The Morgan fingerprint density at radius 1 is 1.21 bits per heavy atom. The van der Waals surface area contributed by atoms with Crippen LogP contribution in [0.3, 0.4) is 0 Å². The molecule has 1 aliphatic carbocycles. The first kappa shape index (κ1) is 12.2. The molecule has 0 radical (unpaired) electrons. The number of anilines is 1. The molecule has 0 aromatic carbocycles. The van der Waals surface area contributed by atoms with Gasteiger partial charge in [-0.05, 0) is 31.4 Å². The van der Waals surface area contributed by atoms with Crippen LogP contribution in [0.15, 0.2) is 30.9 Å². The van der Waals surface area contributed by atoms with Gasteiger partial charge in [-0.1, -0.05) is 19.3 Å². The van der Waals surface area contributed by atoms with Crippen molar-refractivity contribution in [1.82, 2.24) is 14.5 Å². The van der Waals surface area contributed by atoms with Crippen molar-refractivity contribution < 1.29 is 0 Å². The van der Waals surface area contributed by atoms with Gasteiger partial charge in [-0.25, -0.2) is 4.98 Å². The van der Waals surface area contributed by atoms with Crippen LogP contribution in [0.25, 0.3) is 5.69 Å². The van der Waals surface area contributed by atoms with E-state index in [2.05, 4.69) is 32.8 Å². The highest BCUT2D eigenvalue weighted by molar-refractivity contribution is 5.42. The summed E-state index contributed by atoms with van der Waals surface area (Å²) in [5.41, 5.74) is 2.23. The SMILES string of the molecule is Cc1cncc(-n2ccnc2NC2CCCCC2)c1. The lowest BCUT2D eigenvalue weighted by Crippen LogP contribution is -2.24. The third kappa shape index (κ3) is 2.78. The molecule has 2 aromatic rings. The molecule has 2 aromatic heterocycles. The smallest absolute Gasteiger partial charge is 0.207 e. The van der Waals surface area contributed by atoms with Crippen LogP contribution in [0.2, 0.25) is 0 Å². The Balaban J connectivity index is 1.81. The van der Waals surface area contributed by atoms with E-state index in [1.165, 1.54) is 32.1 Å². The predicted octanol–water partition coefficient (Wildman–Crippen LogP) is 3.32. The van der Waals surface area contributed by atoms with Crippen molar-refractivity contribution in [1.29, 1.82) is 0 Å². The number of nitrogens with zero attached hydrogens (tertiary/aromatic N) is 3. The summed E-state index contributed by atoms with van der Waals surface area (Å²) in [7, 11) is 0. The summed E-state index contributed by atoms with van der Waals surface area (Å²) in [6.07, 6.45) is 14.1.